The van der Waals surface area contributed by atoms with Crippen molar-refractivity contribution in [2.75, 3.05) is 37.6 Å². The standard InChI is InChI=1S/C14H22ClN3/c1-14(2,11-16)18-8-6-17(7-9-18)13-5-3-4-12(15)10-13/h3-5,10H,6-9,11,16H2,1-2H3. The number of nitrogens with zero attached hydrogens (tertiary/aromatic N) is 2. The van der Waals surface area contributed by atoms with Crippen molar-refractivity contribution in [2.24, 2.45) is 5.73 Å². The Kier molecular flexibility index (Phi) is 4.15. The molecule has 0 spiro atoms. The predicted molar refractivity (Wildman–Crippen MR) is 78.4 cm³/mol. The minimum Gasteiger partial charge on any atom is -0.369 e. The van der Waals surface area contributed by atoms with Crippen LogP contribution in [0.2, 0.25) is 5.02 Å². The Morgan fingerprint density at radius 3 is 2.44 bits per heavy atom. The molecule has 1 fully saturated rings. The molecular formula is C14H22ClN3. The van der Waals surface area contributed by atoms with Crippen molar-refractivity contribution in [2.45, 2.75) is 19.4 Å². The second-order valence-corrected chi connectivity index (χ2v) is 5.91. The molecule has 1 aromatic rings. The first-order valence-electron chi connectivity index (χ1n) is 6.48. The molecule has 0 unspecified atom stereocenters. The Morgan fingerprint density at radius 1 is 1.22 bits per heavy atom. The van der Waals surface area contributed by atoms with Crippen LogP contribution < -0.4 is 10.6 Å². The number of hydrogen-bond acceptors (Lipinski definition) is 3. The van der Waals surface area contributed by atoms with Gasteiger partial charge in [-0.05, 0) is 32.0 Å². The largest absolute Gasteiger partial charge is 0.369 e. The maximum Gasteiger partial charge on any atom is 0.0426 e. The van der Waals surface area contributed by atoms with Gasteiger partial charge >= 0.3 is 0 Å². The molecule has 2 N–H and O–H groups in total. The zero-order valence-corrected chi connectivity index (χ0v) is 12.0. The van der Waals surface area contributed by atoms with Gasteiger partial charge in [0.25, 0.3) is 0 Å². The van der Waals surface area contributed by atoms with Gasteiger partial charge in [-0.1, -0.05) is 17.7 Å². The van der Waals surface area contributed by atoms with Gasteiger partial charge in [-0.25, -0.2) is 0 Å². The highest BCUT2D eigenvalue weighted by Gasteiger charge is 2.28. The first-order chi connectivity index (χ1) is 8.53. The fourth-order valence-electron chi connectivity index (χ4n) is 2.37. The molecule has 0 atom stereocenters. The molecule has 0 saturated carbocycles. The first-order valence-corrected chi connectivity index (χ1v) is 6.86. The van der Waals surface area contributed by atoms with Gasteiger partial charge < -0.3 is 10.6 Å². The van der Waals surface area contributed by atoms with E-state index >= 15 is 0 Å². The Hall–Kier alpha value is -0.770. The predicted octanol–water partition coefficient (Wildman–Crippen LogP) is 2.20. The Bertz CT molecular complexity index is 398. The second kappa shape index (κ2) is 5.47. The summed E-state index contributed by atoms with van der Waals surface area (Å²) in [7, 11) is 0. The van der Waals surface area contributed by atoms with Gasteiger partial charge in [0, 0.05) is 49.0 Å². The lowest BCUT2D eigenvalue weighted by Crippen LogP contribution is -2.57. The SMILES string of the molecule is CC(C)(CN)N1CCN(c2cccc(Cl)c2)CC1. The van der Waals surface area contributed by atoms with Gasteiger partial charge in [-0.3, -0.25) is 4.90 Å². The fourth-order valence-corrected chi connectivity index (χ4v) is 2.56. The van der Waals surface area contributed by atoms with Crippen LogP contribution in [-0.4, -0.2) is 43.2 Å². The van der Waals surface area contributed by atoms with Crippen molar-refractivity contribution in [3.63, 3.8) is 0 Å². The number of nitrogens with two attached hydrogens (primary N) is 1. The molecule has 2 rings (SSSR count). The molecule has 0 radical (unpaired) electrons. The molecule has 0 bridgehead atoms. The number of piperazine rings is 1. The minimum atomic E-state index is 0.0976. The van der Waals surface area contributed by atoms with Crippen LogP contribution in [0.4, 0.5) is 5.69 Å². The number of rotatable bonds is 3. The average molecular weight is 268 g/mol. The molecule has 1 aliphatic heterocycles. The van der Waals surface area contributed by atoms with Crippen LogP contribution in [0.3, 0.4) is 0 Å². The zero-order valence-electron chi connectivity index (χ0n) is 11.2. The van der Waals surface area contributed by atoms with Crippen LogP contribution >= 0.6 is 11.6 Å². The van der Waals surface area contributed by atoms with Crippen LogP contribution in [0.25, 0.3) is 0 Å². The number of benzene rings is 1. The van der Waals surface area contributed by atoms with Crippen molar-refractivity contribution in [3.8, 4) is 0 Å². The van der Waals surface area contributed by atoms with Crippen LogP contribution in [0, 0.1) is 0 Å². The van der Waals surface area contributed by atoms with Crippen LogP contribution in [0.15, 0.2) is 24.3 Å². The highest BCUT2D eigenvalue weighted by Crippen LogP contribution is 2.23. The normalized spacial score (nSPS) is 18.1. The quantitative estimate of drug-likeness (QED) is 0.911. The Labute approximate surface area is 115 Å². The van der Waals surface area contributed by atoms with Gasteiger partial charge in [0.15, 0.2) is 0 Å². The topological polar surface area (TPSA) is 32.5 Å². The smallest absolute Gasteiger partial charge is 0.0426 e. The monoisotopic (exact) mass is 267 g/mol. The van der Waals surface area contributed by atoms with Gasteiger partial charge in [-0.15, -0.1) is 0 Å². The molecule has 1 aliphatic rings. The third-order valence-electron chi connectivity index (χ3n) is 3.81. The fraction of sp³-hybridized carbons (Fsp3) is 0.571. The molecule has 4 heteroatoms. The molecule has 1 heterocycles. The van der Waals surface area contributed by atoms with Crippen molar-refractivity contribution in [1.29, 1.82) is 0 Å². The molecule has 0 aliphatic carbocycles. The second-order valence-electron chi connectivity index (χ2n) is 5.47. The Morgan fingerprint density at radius 2 is 1.89 bits per heavy atom. The number of hydrogen-bond donors (Lipinski definition) is 1. The number of anilines is 1. The molecule has 3 nitrogen and oxygen atoms in total. The van der Waals surface area contributed by atoms with E-state index < -0.39 is 0 Å². The van der Waals surface area contributed by atoms with E-state index in [-0.39, 0.29) is 5.54 Å². The minimum absolute atomic E-state index is 0.0976. The molecule has 18 heavy (non-hydrogen) atoms. The van der Waals surface area contributed by atoms with Gasteiger partial charge in [0.05, 0.1) is 0 Å². The maximum atomic E-state index is 6.03. The first kappa shape index (κ1) is 13.7. The third-order valence-corrected chi connectivity index (χ3v) is 4.04. The lowest BCUT2D eigenvalue weighted by Gasteiger charge is -2.44. The van der Waals surface area contributed by atoms with Gasteiger partial charge in [0.1, 0.15) is 0 Å². The summed E-state index contributed by atoms with van der Waals surface area (Å²) in [6.07, 6.45) is 0. The van der Waals surface area contributed by atoms with E-state index in [2.05, 4.69) is 29.7 Å². The number of halogens is 1. The van der Waals surface area contributed by atoms with Gasteiger partial charge in [-0.2, -0.15) is 0 Å². The van der Waals surface area contributed by atoms with E-state index in [0.717, 1.165) is 31.2 Å². The Balaban J connectivity index is 1.99. The molecule has 0 amide bonds. The van der Waals surface area contributed by atoms with E-state index in [9.17, 15) is 0 Å². The molecule has 100 valence electrons. The lowest BCUT2D eigenvalue weighted by atomic mass is 10.0. The van der Waals surface area contributed by atoms with E-state index in [1.807, 2.05) is 18.2 Å². The maximum absolute atomic E-state index is 6.03. The summed E-state index contributed by atoms with van der Waals surface area (Å²) in [6.45, 7) is 9.29. The lowest BCUT2D eigenvalue weighted by molar-refractivity contribution is 0.119. The summed E-state index contributed by atoms with van der Waals surface area (Å²) < 4.78 is 0. The van der Waals surface area contributed by atoms with Gasteiger partial charge in [0.2, 0.25) is 0 Å². The van der Waals surface area contributed by atoms with E-state index in [0.29, 0.717) is 6.54 Å². The van der Waals surface area contributed by atoms with Crippen LogP contribution in [-0.2, 0) is 0 Å². The van der Waals surface area contributed by atoms with E-state index in [1.54, 1.807) is 0 Å². The molecule has 1 saturated heterocycles. The summed E-state index contributed by atoms with van der Waals surface area (Å²) in [6, 6.07) is 8.08. The molecular weight excluding hydrogens is 246 g/mol. The van der Waals surface area contributed by atoms with Crippen LogP contribution in [0.1, 0.15) is 13.8 Å². The summed E-state index contributed by atoms with van der Waals surface area (Å²) in [4.78, 5) is 4.85. The van der Waals surface area contributed by atoms with Crippen LogP contribution in [0.5, 0.6) is 0 Å². The molecule has 0 aromatic heterocycles. The highest BCUT2D eigenvalue weighted by molar-refractivity contribution is 6.30. The highest BCUT2D eigenvalue weighted by atomic mass is 35.5. The summed E-state index contributed by atoms with van der Waals surface area (Å²) >= 11 is 6.03. The van der Waals surface area contributed by atoms with Crippen molar-refractivity contribution in [3.05, 3.63) is 29.3 Å². The zero-order chi connectivity index (χ0) is 13.2. The van der Waals surface area contributed by atoms with E-state index in [1.165, 1.54) is 5.69 Å². The summed E-state index contributed by atoms with van der Waals surface area (Å²) in [5, 5.41) is 0.803. The van der Waals surface area contributed by atoms with E-state index in [4.69, 9.17) is 17.3 Å². The molecule has 1 aromatic carbocycles. The van der Waals surface area contributed by atoms with Crippen molar-refractivity contribution in [1.82, 2.24) is 4.90 Å². The summed E-state index contributed by atoms with van der Waals surface area (Å²) in [5.74, 6) is 0. The summed E-state index contributed by atoms with van der Waals surface area (Å²) in [5.41, 5.74) is 7.14. The van der Waals surface area contributed by atoms with Crippen molar-refractivity contribution < 1.29 is 0 Å². The van der Waals surface area contributed by atoms with Crippen molar-refractivity contribution >= 4 is 17.3 Å². The average Bonchev–Trinajstić information content (AvgIpc) is 2.39. The third kappa shape index (κ3) is 2.97.